The summed E-state index contributed by atoms with van der Waals surface area (Å²) in [6.45, 7) is 5.44. The zero-order valence-corrected chi connectivity index (χ0v) is 20.8. The first kappa shape index (κ1) is 26.0. The van der Waals surface area contributed by atoms with Crippen LogP contribution in [0.2, 0.25) is 0 Å². The van der Waals surface area contributed by atoms with E-state index in [4.69, 9.17) is 4.52 Å². The van der Waals surface area contributed by atoms with Crippen LogP contribution in [0.4, 0.5) is 11.4 Å². The van der Waals surface area contributed by atoms with Crippen LogP contribution in [-0.2, 0) is 29.0 Å². The van der Waals surface area contributed by atoms with E-state index in [0.717, 1.165) is 5.69 Å². The highest BCUT2D eigenvalue weighted by Crippen LogP contribution is 2.17. The van der Waals surface area contributed by atoms with E-state index in [0.29, 0.717) is 63.0 Å². The number of nitro benzene ring substituents is 1. The van der Waals surface area contributed by atoms with Crippen molar-refractivity contribution in [3.8, 4) is 0 Å². The van der Waals surface area contributed by atoms with Gasteiger partial charge in [0.25, 0.3) is 5.69 Å². The molecule has 2 amide bonds. The normalized spacial score (nSPS) is 13.9. The fraction of sp³-hybridized carbons (Fsp3) is 0.385. The highest BCUT2D eigenvalue weighted by Gasteiger charge is 2.23. The molecule has 0 N–H and O–H groups in total. The summed E-state index contributed by atoms with van der Waals surface area (Å²) in [5.74, 6) is 0.926. The van der Waals surface area contributed by atoms with Gasteiger partial charge in [0.1, 0.15) is 0 Å². The fourth-order valence-electron chi connectivity index (χ4n) is 4.34. The molecular weight excluding hydrogens is 476 g/mol. The number of nitrogens with zero attached hydrogens (tertiary/aromatic N) is 6. The first-order valence-electron chi connectivity index (χ1n) is 12.3. The Morgan fingerprint density at radius 1 is 1.08 bits per heavy atom. The second-order valence-corrected chi connectivity index (χ2v) is 8.84. The molecule has 0 saturated carbocycles. The number of carbonyl (C=O) groups is 2. The number of aromatic nitrogens is 2. The van der Waals surface area contributed by atoms with Gasteiger partial charge in [-0.2, -0.15) is 4.98 Å². The number of anilines is 1. The molecule has 194 valence electrons. The monoisotopic (exact) mass is 506 g/mol. The predicted molar refractivity (Wildman–Crippen MR) is 136 cm³/mol. The Bertz CT molecular complexity index is 1220. The number of amides is 2. The molecule has 0 bridgehead atoms. The molecule has 0 unspecified atom stereocenters. The van der Waals surface area contributed by atoms with Crippen molar-refractivity contribution in [2.75, 3.05) is 37.6 Å². The lowest BCUT2D eigenvalue weighted by molar-refractivity contribution is -0.384. The number of hydrogen-bond donors (Lipinski definition) is 0. The lowest BCUT2D eigenvalue weighted by atomic mass is 10.1. The fourth-order valence-corrected chi connectivity index (χ4v) is 4.34. The van der Waals surface area contributed by atoms with Crippen LogP contribution in [0.5, 0.6) is 0 Å². The van der Waals surface area contributed by atoms with Gasteiger partial charge in [0.2, 0.25) is 17.7 Å². The van der Waals surface area contributed by atoms with E-state index < -0.39 is 4.92 Å². The van der Waals surface area contributed by atoms with Crippen LogP contribution in [-0.4, -0.2) is 69.4 Å². The summed E-state index contributed by atoms with van der Waals surface area (Å²) in [4.78, 5) is 45.9. The Kier molecular flexibility index (Phi) is 8.57. The molecule has 11 heteroatoms. The molecule has 1 aliphatic heterocycles. The van der Waals surface area contributed by atoms with E-state index in [2.05, 4.69) is 15.0 Å². The zero-order chi connectivity index (χ0) is 26.2. The van der Waals surface area contributed by atoms with Crippen LogP contribution >= 0.6 is 0 Å². The highest BCUT2D eigenvalue weighted by molar-refractivity contribution is 5.93. The molecule has 11 nitrogen and oxygen atoms in total. The Morgan fingerprint density at radius 2 is 1.84 bits per heavy atom. The first-order valence-corrected chi connectivity index (χ1v) is 12.3. The molecule has 2 heterocycles. The van der Waals surface area contributed by atoms with Crippen molar-refractivity contribution in [2.24, 2.45) is 0 Å². The summed E-state index contributed by atoms with van der Waals surface area (Å²) in [5, 5.41) is 15.0. The van der Waals surface area contributed by atoms with Gasteiger partial charge in [0.05, 0.1) is 17.9 Å². The Labute approximate surface area is 214 Å². The third-order valence-electron chi connectivity index (χ3n) is 6.31. The molecule has 37 heavy (non-hydrogen) atoms. The minimum absolute atomic E-state index is 0.000605. The Balaban J connectivity index is 1.22. The largest absolute Gasteiger partial charge is 0.340 e. The van der Waals surface area contributed by atoms with Gasteiger partial charge in [-0.1, -0.05) is 35.5 Å². The van der Waals surface area contributed by atoms with Gasteiger partial charge in [-0.15, -0.1) is 0 Å². The molecular formula is C26H30N6O5. The molecule has 1 saturated heterocycles. The SMILES string of the molecule is CCN(C(=O)CCc1nc(CN2CCN(C(=O)Cc3cccc([N+](=O)[O-])c3)CC2)no1)c1ccccc1. The van der Waals surface area contributed by atoms with Crippen molar-refractivity contribution in [2.45, 2.75) is 32.7 Å². The van der Waals surface area contributed by atoms with Crippen LogP contribution in [0.3, 0.4) is 0 Å². The van der Waals surface area contributed by atoms with Crippen molar-refractivity contribution in [3.05, 3.63) is 82.0 Å². The minimum Gasteiger partial charge on any atom is -0.340 e. The topological polar surface area (TPSA) is 126 Å². The number of piperazine rings is 1. The summed E-state index contributed by atoms with van der Waals surface area (Å²) < 4.78 is 5.36. The van der Waals surface area contributed by atoms with Crippen LogP contribution in [0.1, 0.15) is 30.6 Å². The zero-order valence-electron chi connectivity index (χ0n) is 20.8. The van der Waals surface area contributed by atoms with Crippen LogP contribution in [0, 0.1) is 10.1 Å². The van der Waals surface area contributed by atoms with E-state index >= 15 is 0 Å². The summed E-state index contributed by atoms with van der Waals surface area (Å²) in [6, 6.07) is 15.7. The number of para-hydroxylation sites is 1. The third kappa shape index (κ3) is 6.98. The summed E-state index contributed by atoms with van der Waals surface area (Å²) in [6.07, 6.45) is 0.777. The van der Waals surface area contributed by atoms with E-state index in [-0.39, 0.29) is 30.3 Å². The van der Waals surface area contributed by atoms with Gasteiger partial charge in [-0.25, -0.2) is 0 Å². The van der Waals surface area contributed by atoms with E-state index in [9.17, 15) is 19.7 Å². The molecule has 4 rings (SSSR count). The molecule has 0 atom stereocenters. The van der Waals surface area contributed by atoms with E-state index in [1.165, 1.54) is 12.1 Å². The van der Waals surface area contributed by atoms with Crippen molar-refractivity contribution >= 4 is 23.2 Å². The average Bonchev–Trinajstić information content (AvgIpc) is 3.36. The maximum absolute atomic E-state index is 12.7. The molecule has 3 aromatic rings. The number of benzene rings is 2. The predicted octanol–water partition coefficient (Wildman–Crippen LogP) is 2.85. The average molecular weight is 507 g/mol. The molecule has 1 aromatic heterocycles. The van der Waals surface area contributed by atoms with E-state index in [1.54, 1.807) is 21.9 Å². The number of rotatable bonds is 10. The van der Waals surface area contributed by atoms with Gasteiger partial charge < -0.3 is 14.3 Å². The molecule has 0 spiro atoms. The Hall–Kier alpha value is -4.12. The van der Waals surface area contributed by atoms with Crippen LogP contribution in [0.25, 0.3) is 0 Å². The summed E-state index contributed by atoms with van der Waals surface area (Å²) in [7, 11) is 0. The Morgan fingerprint density at radius 3 is 2.54 bits per heavy atom. The van der Waals surface area contributed by atoms with Crippen LogP contribution < -0.4 is 4.90 Å². The second kappa shape index (κ2) is 12.2. The van der Waals surface area contributed by atoms with Crippen molar-refractivity contribution in [1.29, 1.82) is 0 Å². The lowest BCUT2D eigenvalue weighted by Crippen LogP contribution is -2.48. The maximum Gasteiger partial charge on any atom is 0.269 e. The second-order valence-electron chi connectivity index (χ2n) is 8.84. The van der Waals surface area contributed by atoms with Gasteiger partial charge in [-0.05, 0) is 24.6 Å². The highest BCUT2D eigenvalue weighted by atomic mass is 16.6. The maximum atomic E-state index is 12.7. The van der Waals surface area contributed by atoms with Gasteiger partial charge in [-0.3, -0.25) is 24.6 Å². The molecule has 0 aliphatic carbocycles. The number of nitro groups is 1. The summed E-state index contributed by atoms with van der Waals surface area (Å²) >= 11 is 0. The number of carbonyl (C=O) groups excluding carboxylic acids is 2. The number of hydrogen-bond acceptors (Lipinski definition) is 8. The third-order valence-corrected chi connectivity index (χ3v) is 6.31. The number of aryl methyl sites for hydroxylation is 1. The minimum atomic E-state index is -0.460. The number of non-ortho nitro benzene ring substituents is 1. The van der Waals surface area contributed by atoms with Crippen LogP contribution in [0.15, 0.2) is 59.1 Å². The first-order chi connectivity index (χ1) is 17.9. The van der Waals surface area contributed by atoms with Crippen molar-refractivity contribution in [3.63, 3.8) is 0 Å². The molecule has 2 aromatic carbocycles. The van der Waals surface area contributed by atoms with Crippen molar-refractivity contribution in [1.82, 2.24) is 19.9 Å². The molecule has 0 radical (unpaired) electrons. The standard InChI is InChI=1S/C26H30N6O5/c1-2-31(21-8-4-3-5-9-21)25(33)12-11-24-27-23(28-37-24)19-29-13-15-30(16-14-29)26(34)18-20-7-6-10-22(17-20)32(35)36/h3-10,17H,2,11-16,18-19H2,1H3. The van der Waals surface area contributed by atoms with Crippen molar-refractivity contribution < 1.29 is 19.0 Å². The van der Waals surface area contributed by atoms with E-state index in [1.807, 2.05) is 37.3 Å². The molecule has 1 fully saturated rings. The van der Waals surface area contributed by atoms with Gasteiger partial charge in [0, 0.05) is 63.4 Å². The van der Waals surface area contributed by atoms with Gasteiger partial charge >= 0.3 is 0 Å². The summed E-state index contributed by atoms with van der Waals surface area (Å²) in [5.41, 5.74) is 1.48. The van der Waals surface area contributed by atoms with Gasteiger partial charge in [0.15, 0.2) is 5.82 Å². The smallest absolute Gasteiger partial charge is 0.269 e. The lowest BCUT2D eigenvalue weighted by Gasteiger charge is -2.34. The quantitative estimate of drug-likeness (QED) is 0.304. The molecule has 1 aliphatic rings.